The molecule has 0 radical (unpaired) electrons. The van der Waals surface area contributed by atoms with Gasteiger partial charge in [0.05, 0.1) is 20.3 Å². The van der Waals surface area contributed by atoms with Crippen molar-refractivity contribution in [2.75, 3.05) is 21.3 Å². The summed E-state index contributed by atoms with van der Waals surface area (Å²) in [5.74, 6) is 1.51. The lowest BCUT2D eigenvalue weighted by Crippen LogP contribution is -2.33. The maximum Gasteiger partial charge on any atom is 0.328 e. The number of nitrogens with one attached hydrogen (secondary N) is 1. The number of likely N-dealkylation sites (N-methyl/N-ethyl adjacent to an activating group) is 1. The molecule has 24 heavy (non-hydrogen) atoms. The van der Waals surface area contributed by atoms with Crippen LogP contribution in [0, 0.1) is 0 Å². The van der Waals surface area contributed by atoms with Gasteiger partial charge in [0.15, 0.2) is 6.10 Å². The Morgan fingerprint density at radius 2 is 1.58 bits per heavy atom. The topological polar surface area (TPSA) is 91.8 Å². The molecule has 0 aliphatic heterocycles. The summed E-state index contributed by atoms with van der Waals surface area (Å²) in [5.41, 5.74) is 0. The monoisotopic (exact) mass is 333 g/mol. The molecule has 1 aromatic heterocycles. The lowest BCUT2D eigenvalue weighted by Gasteiger charge is -2.13. The van der Waals surface area contributed by atoms with Crippen LogP contribution in [0.15, 0.2) is 30.3 Å². The van der Waals surface area contributed by atoms with Crippen molar-refractivity contribution in [3.05, 3.63) is 30.3 Å². The number of amides is 1. The fraction of sp³-hybridized carbons (Fsp3) is 0.312. The van der Waals surface area contributed by atoms with Crippen LogP contribution < -0.4 is 24.3 Å². The van der Waals surface area contributed by atoms with E-state index in [1.54, 1.807) is 44.3 Å². The van der Waals surface area contributed by atoms with Crippen LogP contribution in [0.4, 0.5) is 0 Å². The first-order valence-corrected chi connectivity index (χ1v) is 7.19. The highest BCUT2D eigenvalue weighted by atomic mass is 16.5. The number of methoxy groups -OCH3 is 2. The Labute approximate surface area is 139 Å². The lowest BCUT2D eigenvalue weighted by atomic mass is 10.3. The summed E-state index contributed by atoms with van der Waals surface area (Å²) in [6.45, 7) is 1.67. The van der Waals surface area contributed by atoms with Crippen LogP contribution in [0.1, 0.15) is 6.92 Å². The van der Waals surface area contributed by atoms with Crippen LogP contribution in [0.3, 0.4) is 0 Å². The highest BCUT2D eigenvalue weighted by Crippen LogP contribution is 2.25. The molecular formula is C16H19N3O5. The van der Waals surface area contributed by atoms with Gasteiger partial charge in [-0.15, -0.1) is 0 Å². The Morgan fingerprint density at radius 3 is 2.08 bits per heavy atom. The molecule has 2 rings (SSSR count). The van der Waals surface area contributed by atoms with Crippen molar-refractivity contribution in [3.8, 4) is 29.3 Å². The number of nitrogens with zero attached hydrogens (tertiary/aromatic N) is 2. The number of rotatable bonds is 7. The molecule has 0 aliphatic carbocycles. The molecule has 0 spiro atoms. The standard InChI is InChI=1S/C16H19N3O5/c1-10(15(20)17-2)23-11-5-7-12(8-6-11)24-16-18-13(21-3)9-14(19-16)22-4/h5-10H,1-4H3,(H,17,20)/t10-/m1/s1. The molecule has 1 atom stereocenters. The zero-order chi connectivity index (χ0) is 17.5. The smallest absolute Gasteiger partial charge is 0.328 e. The van der Waals surface area contributed by atoms with Crippen molar-refractivity contribution in [2.24, 2.45) is 0 Å². The predicted molar refractivity (Wildman–Crippen MR) is 85.8 cm³/mol. The second-order valence-electron chi connectivity index (χ2n) is 4.68. The first-order valence-electron chi connectivity index (χ1n) is 7.19. The minimum absolute atomic E-state index is 0.0959. The van der Waals surface area contributed by atoms with Crippen LogP contribution in [0.2, 0.25) is 0 Å². The SMILES string of the molecule is CNC(=O)[C@@H](C)Oc1ccc(Oc2nc(OC)cc(OC)n2)cc1. The van der Waals surface area contributed by atoms with E-state index >= 15 is 0 Å². The molecule has 128 valence electrons. The third kappa shape index (κ3) is 4.48. The Hall–Kier alpha value is -3.03. The van der Waals surface area contributed by atoms with Crippen molar-refractivity contribution in [1.82, 2.24) is 15.3 Å². The van der Waals surface area contributed by atoms with Crippen molar-refractivity contribution < 1.29 is 23.7 Å². The van der Waals surface area contributed by atoms with Gasteiger partial charge in [-0.25, -0.2) is 0 Å². The molecule has 0 saturated carbocycles. The fourth-order valence-corrected chi connectivity index (χ4v) is 1.79. The minimum atomic E-state index is -0.590. The third-order valence-corrected chi connectivity index (χ3v) is 3.04. The quantitative estimate of drug-likeness (QED) is 0.826. The van der Waals surface area contributed by atoms with Gasteiger partial charge in [-0.3, -0.25) is 4.79 Å². The van der Waals surface area contributed by atoms with Crippen LogP contribution in [-0.2, 0) is 4.79 Å². The molecule has 1 N–H and O–H groups in total. The molecule has 0 aliphatic rings. The number of carbonyl (C=O) groups is 1. The first kappa shape index (κ1) is 17.3. The van der Waals surface area contributed by atoms with Crippen molar-refractivity contribution >= 4 is 5.91 Å². The summed E-state index contributed by atoms with van der Waals surface area (Å²) in [7, 11) is 4.54. The molecule has 8 nitrogen and oxygen atoms in total. The first-order chi connectivity index (χ1) is 11.5. The van der Waals surface area contributed by atoms with Crippen LogP contribution in [0.5, 0.6) is 29.3 Å². The molecule has 0 unspecified atom stereocenters. The zero-order valence-electron chi connectivity index (χ0n) is 13.9. The average molecular weight is 333 g/mol. The van der Waals surface area contributed by atoms with Gasteiger partial charge in [-0.1, -0.05) is 0 Å². The average Bonchev–Trinajstić information content (AvgIpc) is 2.62. The molecule has 0 fully saturated rings. The molecule has 2 aromatic rings. The summed E-state index contributed by atoms with van der Waals surface area (Å²) in [5, 5.41) is 2.52. The van der Waals surface area contributed by atoms with E-state index in [1.807, 2.05) is 0 Å². The van der Waals surface area contributed by atoms with E-state index < -0.39 is 6.10 Å². The summed E-state index contributed by atoms with van der Waals surface area (Å²) >= 11 is 0. The molecule has 1 aromatic carbocycles. The molecule has 8 heteroatoms. The highest BCUT2D eigenvalue weighted by molar-refractivity contribution is 5.80. The Balaban J connectivity index is 2.07. The third-order valence-electron chi connectivity index (χ3n) is 3.04. The molecule has 1 heterocycles. The number of hydrogen-bond acceptors (Lipinski definition) is 7. The number of benzene rings is 1. The van der Waals surface area contributed by atoms with Crippen LogP contribution in [0.25, 0.3) is 0 Å². The Kier molecular flexibility index (Phi) is 5.78. The van der Waals surface area contributed by atoms with E-state index in [-0.39, 0.29) is 11.9 Å². The maximum atomic E-state index is 11.4. The van der Waals surface area contributed by atoms with Gasteiger partial charge in [0.25, 0.3) is 5.91 Å². The molecular weight excluding hydrogens is 314 g/mol. The number of hydrogen-bond donors (Lipinski definition) is 1. The van der Waals surface area contributed by atoms with Gasteiger partial charge in [0, 0.05) is 7.05 Å². The molecule has 0 saturated heterocycles. The molecule has 1 amide bonds. The van der Waals surface area contributed by atoms with Gasteiger partial charge < -0.3 is 24.3 Å². The Bertz CT molecular complexity index is 668. The van der Waals surface area contributed by atoms with Crippen LogP contribution in [-0.4, -0.2) is 43.2 Å². The second kappa shape index (κ2) is 8.00. The van der Waals surface area contributed by atoms with Crippen LogP contribution >= 0.6 is 0 Å². The largest absolute Gasteiger partial charge is 0.481 e. The van der Waals surface area contributed by atoms with E-state index in [1.165, 1.54) is 14.2 Å². The molecule has 0 bridgehead atoms. The van der Waals surface area contributed by atoms with E-state index in [2.05, 4.69) is 15.3 Å². The summed E-state index contributed by atoms with van der Waals surface area (Å²) < 4.78 is 21.2. The second-order valence-corrected chi connectivity index (χ2v) is 4.68. The van der Waals surface area contributed by atoms with Gasteiger partial charge in [-0.2, -0.15) is 9.97 Å². The van der Waals surface area contributed by atoms with E-state index in [4.69, 9.17) is 18.9 Å². The van der Waals surface area contributed by atoms with Crippen molar-refractivity contribution in [3.63, 3.8) is 0 Å². The highest BCUT2D eigenvalue weighted by Gasteiger charge is 2.13. The van der Waals surface area contributed by atoms with Gasteiger partial charge in [0.2, 0.25) is 11.8 Å². The minimum Gasteiger partial charge on any atom is -0.481 e. The van der Waals surface area contributed by atoms with E-state index in [9.17, 15) is 4.79 Å². The summed E-state index contributed by atoms with van der Waals surface area (Å²) in [6, 6.07) is 8.38. The van der Waals surface area contributed by atoms with Crippen molar-refractivity contribution in [2.45, 2.75) is 13.0 Å². The lowest BCUT2D eigenvalue weighted by molar-refractivity contribution is -0.126. The zero-order valence-corrected chi connectivity index (χ0v) is 13.9. The summed E-state index contributed by atoms with van der Waals surface area (Å²) in [6.07, 6.45) is -0.590. The normalized spacial score (nSPS) is 11.3. The number of carbonyl (C=O) groups excluding carboxylic acids is 1. The van der Waals surface area contributed by atoms with Crippen molar-refractivity contribution in [1.29, 1.82) is 0 Å². The predicted octanol–water partition coefficient (Wildman–Crippen LogP) is 1.80. The number of aromatic nitrogens is 2. The Morgan fingerprint density at radius 1 is 1.04 bits per heavy atom. The fourth-order valence-electron chi connectivity index (χ4n) is 1.79. The maximum absolute atomic E-state index is 11.4. The van der Waals surface area contributed by atoms with Gasteiger partial charge in [0.1, 0.15) is 11.5 Å². The summed E-state index contributed by atoms with van der Waals surface area (Å²) in [4.78, 5) is 19.6. The van der Waals surface area contributed by atoms with E-state index in [0.29, 0.717) is 23.3 Å². The van der Waals surface area contributed by atoms with Gasteiger partial charge >= 0.3 is 6.01 Å². The van der Waals surface area contributed by atoms with Gasteiger partial charge in [-0.05, 0) is 31.2 Å². The van der Waals surface area contributed by atoms with E-state index in [0.717, 1.165) is 0 Å². The number of ether oxygens (including phenoxy) is 4.